The van der Waals surface area contributed by atoms with Crippen LogP contribution in [0, 0.1) is 0 Å². The lowest BCUT2D eigenvalue weighted by Gasteiger charge is -2.38. The summed E-state index contributed by atoms with van der Waals surface area (Å²) in [6, 6.07) is 5.09. The van der Waals surface area contributed by atoms with Gasteiger partial charge in [0, 0.05) is 37.9 Å². The predicted octanol–water partition coefficient (Wildman–Crippen LogP) is 1.78. The van der Waals surface area contributed by atoms with E-state index in [1.165, 1.54) is 37.2 Å². The van der Waals surface area contributed by atoms with Crippen LogP contribution in [0.3, 0.4) is 0 Å². The molecule has 0 aromatic carbocycles. The van der Waals surface area contributed by atoms with Gasteiger partial charge >= 0.3 is 0 Å². The number of anilines is 1. The van der Waals surface area contributed by atoms with Crippen LogP contribution in [0.5, 0.6) is 0 Å². The third-order valence-corrected chi connectivity index (χ3v) is 4.58. The molecule has 2 aliphatic heterocycles. The van der Waals surface area contributed by atoms with E-state index in [9.17, 15) is 0 Å². The molecule has 0 bridgehead atoms. The van der Waals surface area contributed by atoms with E-state index >= 15 is 0 Å². The maximum Gasteiger partial charge on any atom is 0.129 e. The molecule has 20 heavy (non-hydrogen) atoms. The van der Waals surface area contributed by atoms with Crippen molar-refractivity contribution in [3.8, 4) is 0 Å². The van der Waals surface area contributed by atoms with E-state index in [4.69, 9.17) is 10.7 Å². The Balaban J connectivity index is 1.79. The summed E-state index contributed by atoms with van der Waals surface area (Å²) in [6.07, 6.45) is 4.88. The van der Waals surface area contributed by atoms with E-state index in [0.717, 1.165) is 37.8 Å². The SMILES string of the molecule is CCCc1cc(CN)cc(N2CCN3CCCC3C2)n1. The van der Waals surface area contributed by atoms with Gasteiger partial charge in [0.15, 0.2) is 0 Å². The molecule has 0 spiro atoms. The first kappa shape index (κ1) is 13.8. The second-order valence-electron chi connectivity index (χ2n) is 6.06. The van der Waals surface area contributed by atoms with Gasteiger partial charge in [0.05, 0.1) is 0 Å². The first-order valence-electron chi connectivity index (χ1n) is 7.99. The first-order valence-corrected chi connectivity index (χ1v) is 7.99. The van der Waals surface area contributed by atoms with Crippen molar-refractivity contribution in [3.63, 3.8) is 0 Å². The number of aryl methyl sites for hydroxylation is 1. The molecule has 0 saturated carbocycles. The zero-order chi connectivity index (χ0) is 13.9. The van der Waals surface area contributed by atoms with Crippen LogP contribution in [0.15, 0.2) is 12.1 Å². The lowest BCUT2D eigenvalue weighted by Crippen LogP contribution is -2.50. The zero-order valence-corrected chi connectivity index (χ0v) is 12.5. The molecular weight excluding hydrogens is 248 g/mol. The fourth-order valence-corrected chi connectivity index (χ4v) is 3.50. The van der Waals surface area contributed by atoms with Gasteiger partial charge in [0.25, 0.3) is 0 Å². The third-order valence-electron chi connectivity index (χ3n) is 4.58. The van der Waals surface area contributed by atoms with Gasteiger partial charge in [-0.1, -0.05) is 13.3 Å². The number of hydrogen-bond acceptors (Lipinski definition) is 4. The summed E-state index contributed by atoms with van der Waals surface area (Å²) in [5, 5.41) is 0. The standard InChI is InChI=1S/C16H26N4/c1-2-4-14-9-13(11-17)10-16(18-14)20-8-7-19-6-3-5-15(19)12-20/h9-10,15H,2-8,11-12,17H2,1H3. The second kappa shape index (κ2) is 6.10. The van der Waals surface area contributed by atoms with Gasteiger partial charge in [-0.05, 0) is 43.5 Å². The summed E-state index contributed by atoms with van der Waals surface area (Å²) in [6.45, 7) is 7.51. The number of rotatable bonds is 4. The molecule has 0 amide bonds. The number of pyridine rings is 1. The molecule has 4 heteroatoms. The average Bonchev–Trinajstić information content (AvgIpc) is 2.94. The lowest BCUT2D eigenvalue weighted by molar-refractivity contribution is 0.230. The number of piperazine rings is 1. The molecule has 1 aromatic heterocycles. The van der Waals surface area contributed by atoms with E-state index in [2.05, 4.69) is 28.9 Å². The quantitative estimate of drug-likeness (QED) is 0.909. The van der Waals surface area contributed by atoms with Crippen molar-refractivity contribution in [2.45, 2.75) is 45.2 Å². The smallest absolute Gasteiger partial charge is 0.129 e. The molecule has 3 rings (SSSR count). The number of aromatic nitrogens is 1. The molecule has 0 radical (unpaired) electrons. The fourth-order valence-electron chi connectivity index (χ4n) is 3.50. The Kier molecular flexibility index (Phi) is 4.22. The Bertz CT molecular complexity index is 460. The molecule has 2 saturated heterocycles. The molecule has 1 atom stereocenters. The summed E-state index contributed by atoms with van der Waals surface area (Å²) < 4.78 is 0. The van der Waals surface area contributed by atoms with Crippen molar-refractivity contribution in [1.82, 2.24) is 9.88 Å². The van der Waals surface area contributed by atoms with Crippen LogP contribution in [0.2, 0.25) is 0 Å². The van der Waals surface area contributed by atoms with Gasteiger partial charge in [-0.2, -0.15) is 0 Å². The van der Waals surface area contributed by atoms with Crippen molar-refractivity contribution in [2.24, 2.45) is 5.73 Å². The van der Waals surface area contributed by atoms with Gasteiger partial charge in [0.2, 0.25) is 0 Å². The minimum atomic E-state index is 0.607. The average molecular weight is 274 g/mol. The molecule has 3 heterocycles. The maximum atomic E-state index is 5.84. The van der Waals surface area contributed by atoms with Crippen LogP contribution in [-0.2, 0) is 13.0 Å². The molecule has 0 aliphatic carbocycles. The molecule has 2 fully saturated rings. The van der Waals surface area contributed by atoms with Crippen LogP contribution in [-0.4, -0.2) is 42.1 Å². The highest BCUT2D eigenvalue weighted by Gasteiger charge is 2.31. The maximum absolute atomic E-state index is 5.84. The monoisotopic (exact) mass is 274 g/mol. The molecule has 4 nitrogen and oxygen atoms in total. The Hall–Kier alpha value is -1.13. The number of hydrogen-bond donors (Lipinski definition) is 1. The van der Waals surface area contributed by atoms with Crippen molar-refractivity contribution in [2.75, 3.05) is 31.1 Å². The van der Waals surface area contributed by atoms with Crippen LogP contribution < -0.4 is 10.6 Å². The van der Waals surface area contributed by atoms with Gasteiger partial charge in [0.1, 0.15) is 5.82 Å². The molecule has 110 valence electrons. The number of nitrogens with two attached hydrogens (primary N) is 1. The molecule has 2 aliphatic rings. The minimum Gasteiger partial charge on any atom is -0.354 e. The van der Waals surface area contributed by atoms with E-state index in [0.29, 0.717) is 6.54 Å². The van der Waals surface area contributed by atoms with E-state index < -0.39 is 0 Å². The Morgan fingerprint density at radius 1 is 1.30 bits per heavy atom. The second-order valence-corrected chi connectivity index (χ2v) is 6.06. The van der Waals surface area contributed by atoms with E-state index in [1.54, 1.807) is 0 Å². The van der Waals surface area contributed by atoms with Crippen LogP contribution >= 0.6 is 0 Å². The van der Waals surface area contributed by atoms with Crippen LogP contribution in [0.4, 0.5) is 5.82 Å². The Morgan fingerprint density at radius 3 is 3.00 bits per heavy atom. The summed E-state index contributed by atoms with van der Waals surface area (Å²) in [4.78, 5) is 9.96. The van der Waals surface area contributed by atoms with Crippen molar-refractivity contribution in [1.29, 1.82) is 0 Å². The van der Waals surface area contributed by atoms with Crippen LogP contribution in [0.1, 0.15) is 37.4 Å². The van der Waals surface area contributed by atoms with E-state index in [-0.39, 0.29) is 0 Å². The van der Waals surface area contributed by atoms with Crippen LogP contribution in [0.25, 0.3) is 0 Å². The van der Waals surface area contributed by atoms with Crippen molar-refractivity contribution in [3.05, 3.63) is 23.4 Å². The molecule has 1 aromatic rings. The topological polar surface area (TPSA) is 45.4 Å². The Labute approximate surface area is 122 Å². The highest BCUT2D eigenvalue weighted by Crippen LogP contribution is 2.25. The summed E-state index contributed by atoms with van der Waals surface area (Å²) >= 11 is 0. The first-order chi connectivity index (χ1) is 9.80. The summed E-state index contributed by atoms with van der Waals surface area (Å²) in [5.41, 5.74) is 8.25. The number of nitrogens with zero attached hydrogens (tertiary/aromatic N) is 3. The Morgan fingerprint density at radius 2 is 2.20 bits per heavy atom. The zero-order valence-electron chi connectivity index (χ0n) is 12.5. The van der Waals surface area contributed by atoms with Gasteiger partial charge in [-0.3, -0.25) is 4.90 Å². The molecule has 1 unspecified atom stereocenters. The number of fused-ring (bicyclic) bond motifs is 1. The van der Waals surface area contributed by atoms with Gasteiger partial charge < -0.3 is 10.6 Å². The fraction of sp³-hybridized carbons (Fsp3) is 0.688. The largest absolute Gasteiger partial charge is 0.354 e. The predicted molar refractivity (Wildman–Crippen MR) is 82.9 cm³/mol. The van der Waals surface area contributed by atoms with Gasteiger partial charge in [-0.15, -0.1) is 0 Å². The lowest BCUT2D eigenvalue weighted by atomic mass is 10.1. The highest BCUT2D eigenvalue weighted by molar-refractivity contribution is 5.44. The molecular formula is C16H26N4. The normalized spacial score (nSPS) is 23.1. The summed E-state index contributed by atoms with van der Waals surface area (Å²) in [7, 11) is 0. The molecule has 2 N–H and O–H groups in total. The summed E-state index contributed by atoms with van der Waals surface area (Å²) in [5.74, 6) is 1.14. The van der Waals surface area contributed by atoms with Crippen molar-refractivity contribution < 1.29 is 0 Å². The third kappa shape index (κ3) is 2.81. The van der Waals surface area contributed by atoms with Crippen molar-refractivity contribution >= 4 is 5.82 Å². The minimum absolute atomic E-state index is 0.607. The van der Waals surface area contributed by atoms with E-state index in [1.807, 2.05) is 0 Å². The van der Waals surface area contributed by atoms with Gasteiger partial charge in [-0.25, -0.2) is 4.98 Å². The highest BCUT2D eigenvalue weighted by atomic mass is 15.3.